The Bertz CT molecular complexity index is 968. The first-order valence-corrected chi connectivity index (χ1v) is 9.63. The fourth-order valence-corrected chi connectivity index (χ4v) is 4.11. The van der Waals surface area contributed by atoms with Crippen LogP contribution in [0.1, 0.15) is 41.0 Å². The van der Waals surface area contributed by atoms with Gasteiger partial charge in [-0.1, -0.05) is 17.7 Å². The number of carbonyl (C=O) groups excluding carboxylic acids is 1. The summed E-state index contributed by atoms with van der Waals surface area (Å²) in [5.41, 5.74) is 2.36. The van der Waals surface area contributed by atoms with E-state index in [0.29, 0.717) is 22.7 Å². The Balaban J connectivity index is 2.15. The topological polar surface area (TPSA) is 63.6 Å². The second-order valence-electron chi connectivity index (χ2n) is 6.08. The van der Waals surface area contributed by atoms with E-state index in [-0.39, 0.29) is 11.6 Å². The third-order valence-corrected chi connectivity index (χ3v) is 5.52. The summed E-state index contributed by atoms with van der Waals surface area (Å²) in [6, 6.07) is 3.37. The van der Waals surface area contributed by atoms with Gasteiger partial charge in [0.25, 0.3) is 0 Å². The highest BCUT2D eigenvalue weighted by Gasteiger charge is 2.32. The summed E-state index contributed by atoms with van der Waals surface area (Å²) in [5.74, 6) is -0.323. The third-order valence-electron chi connectivity index (χ3n) is 4.11. The molecular formula is C19H19ClFN3O2S. The number of halogens is 2. The second kappa shape index (κ2) is 7.78. The van der Waals surface area contributed by atoms with E-state index in [1.807, 2.05) is 13.8 Å². The van der Waals surface area contributed by atoms with Crippen LogP contribution in [0.25, 0.3) is 0 Å². The standard InChI is InChI=1S/C19H19ClFN3O2S/c1-5-26-19(25)15-9(2)23-18(17-10(3)22-11(4)27-17)24-16(15)13-7-6-12(21)8-14(13)20/h6-8,16H,5H2,1-4H3,(H,23,24). The van der Waals surface area contributed by atoms with Gasteiger partial charge in [0.1, 0.15) is 17.7 Å². The highest BCUT2D eigenvalue weighted by Crippen LogP contribution is 2.37. The first kappa shape index (κ1) is 19.5. The smallest absolute Gasteiger partial charge is 0.338 e. The van der Waals surface area contributed by atoms with Crippen LogP contribution in [0.2, 0.25) is 5.02 Å². The molecule has 3 rings (SSSR count). The van der Waals surface area contributed by atoms with Crippen LogP contribution in [0.3, 0.4) is 0 Å². The molecule has 1 N–H and O–H groups in total. The molecule has 2 aromatic rings. The molecule has 2 heterocycles. The Labute approximate surface area is 165 Å². The van der Waals surface area contributed by atoms with E-state index in [0.717, 1.165) is 15.6 Å². The van der Waals surface area contributed by atoms with Crippen LogP contribution in [0.15, 0.2) is 34.5 Å². The lowest BCUT2D eigenvalue weighted by molar-refractivity contribution is -0.138. The van der Waals surface area contributed by atoms with Gasteiger partial charge in [-0.3, -0.25) is 4.99 Å². The van der Waals surface area contributed by atoms with Gasteiger partial charge in [-0.25, -0.2) is 14.2 Å². The van der Waals surface area contributed by atoms with E-state index >= 15 is 0 Å². The van der Waals surface area contributed by atoms with Crippen molar-refractivity contribution in [3.05, 3.63) is 61.5 Å². The molecule has 0 fully saturated rings. The summed E-state index contributed by atoms with van der Waals surface area (Å²) in [6.07, 6.45) is 0. The van der Waals surface area contributed by atoms with E-state index in [2.05, 4.69) is 10.3 Å². The van der Waals surface area contributed by atoms with Gasteiger partial charge in [0, 0.05) is 16.3 Å². The number of benzene rings is 1. The highest BCUT2D eigenvalue weighted by atomic mass is 35.5. The number of ether oxygens (including phenoxy) is 1. The summed E-state index contributed by atoms with van der Waals surface area (Å²) in [7, 11) is 0. The highest BCUT2D eigenvalue weighted by molar-refractivity contribution is 7.13. The van der Waals surface area contributed by atoms with Crippen molar-refractivity contribution in [1.29, 1.82) is 0 Å². The number of esters is 1. The van der Waals surface area contributed by atoms with Crippen molar-refractivity contribution in [3.8, 4) is 0 Å². The molecule has 1 aliphatic rings. The molecule has 0 aliphatic carbocycles. The Kier molecular flexibility index (Phi) is 5.62. The van der Waals surface area contributed by atoms with E-state index < -0.39 is 17.8 Å². The molecular weight excluding hydrogens is 389 g/mol. The normalized spacial score (nSPS) is 16.8. The number of nitrogens with zero attached hydrogens (tertiary/aromatic N) is 2. The van der Waals surface area contributed by atoms with Gasteiger partial charge < -0.3 is 10.1 Å². The molecule has 1 aliphatic heterocycles. The van der Waals surface area contributed by atoms with Crippen LogP contribution in [-0.4, -0.2) is 23.4 Å². The minimum absolute atomic E-state index is 0.205. The van der Waals surface area contributed by atoms with Crippen molar-refractivity contribution in [3.63, 3.8) is 0 Å². The fraction of sp³-hybridized carbons (Fsp3) is 0.316. The van der Waals surface area contributed by atoms with Gasteiger partial charge in [0.05, 0.1) is 27.8 Å². The molecule has 1 atom stereocenters. The number of carbonyl (C=O) groups is 1. The van der Waals surface area contributed by atoms with Crippen LogP contribution in [0.4, 0.5) is 4.39 Å². The Morgan fingerprint density at radius 3 is 2.70 bits per heavy atom. The first-order valence-electron chi connectivity index (χ1n) is 8.43. The SMILES string of the molecule is CCOC(=O)C1=C(C)NC(c2sc(C)nc2C)=NC1c1ccc(F)cc1Cl. The zero-order chi connectivity index (χ0) is 19.7. The molecule has 0 radical (unpaired) electrons. The van der Waals surface area contributed by atoms with Gasteiger partial charge in [-0.05, 0) is 39.8 Å². The molecule has 1 aromatic carbocycles. The second-order valence-corrected chi connectivity index (χ2v) is 7.69. The number of thiazole rings is 1. The largest absolute Gasteiger partial charge is 0.463 e. The van der Waals surface area contributed by atoms with Crippen molar-refractivity contribution >= 4 is 34.7 Å². The fourth-order valence-electron chi connectivity index (χ4n) is 2.96. The lowest BCUT2D eigenvalue weighted by Crippen LogP contribution is -2.32. The summed E-state index contributed by atoms with van der Waals surface area (Å²) < 4.78 is 18.7. The summed E-state index contributed by atoms with van der Waals surface area (Å²) in [5, 5.41) is 4.31. The molecule has 0 amide bonds. The lowest BCUT2D eigenvalue weighted by atomic mass is 9.95. The van der Waals surface area contributed by atoms with Crippen molar-refractivity contribution in [2.24, 2.45) is 4.99 Å². The van der Waals surface area contributed by atoms with Crippen LogP contribution < -0.4 is 5.32 Å². The van der Waals surface area contributed by atoms with E-state index in [1.54, 1.807) is 19.9 Å². The maximum atomic E-state index is 13.5. The predicted molar refractivity (Wildman–Crippen MR) is 105 cm³/mol. The number of aromatic nitrogens is 1. The predicted octanol–water partition coefficient (Wildman–Crippen LogP) is 4.48. The van der Waals surface area contributed by atoms with E-state index in [9.17, 15) is 9.18 Å². The van der Waals surface area contributed by atoms with Gasteiger partial charge in [0.2, 0.25) is 0 Å². The Morgan fingerprint density at radius 2 is 2.11 bits per heavy atom. The van der Waals surface area contributed by atoms with Crippen LogP contribution in [0.5, 0.6) is 0 Å². The Morgan fingerprint density at radius 1 is 1.37 bits per heavy atom. The summed E-state index contributed by atoms with van der Waals surface area (Å²) in [4.78, 5) is 22.6. The molecule has 142 valence electrons. The van der Waals surface area contributed by atoms with E-state index in [1.165, 1.54) is 23.5 Å². The van der Waals surface area contributed by atoms with Gasteiger partial charge >= 0.3 is 5.97 Å². The Hall–Kier alpha value is -2.25. The van der Waals surface area contributed by atoms with Gasteiger partial charge in [0.15, 0.2) is 0 Å². The number of aryl methyl sites for hydroxylation is 2. The van der Waals surface area contributed by atoms with Gasteiger partial charge in [-0.15, -0.1) is 11.3 Å². The molecule has 8 heteroatoms. The minimum atomic E-state index is -0.699. The molecule has 5 nitrogen and oxygen atoms in total. The van der Waals surface area contributed by atoms with Crippen molar-refractivity contribution < 1.29 is 13.9 Å². The maximum absolute atomic E-state index is 13.5. The number of aliphatic imine (C=N–C) groups is 1. The van der Waals surface area contributed by atoms with Crippen LogP contribution in [0, 0.1) is 19.7 Å². The number of allylic oxidation sites excluding steroid dienone is 1. The molecule has 0 spiro atoms. The van der Waals surface area contributed by atoms with Gasteiger partial charge in [-0.2, -0.15) is 0 Å². The lowest BCUT2D eigenvalue weighted by Gasteiger charge is -2.26. The molecule has 0 saturated carbocycles. The maximum Gasteiger partial charge on any atom is 0.338 e. The number of nitrogens with one attached hydrogen (secondary N) is 1. The molecule has 0 saturated heterocycles. The number of rotatable bonds is 4. The average molecular weight is 408 g/mol. The zero-order valence-corrected chi connectivity index (χ0v) is 17.0. The average Bonchev–Trinajstić information content (AvgIpc) is 2.92. The monoisotopic (exact) mass is 407 g/mol. The van der Waals surface area contributed by atoms with Crippen LogP contribution >= 0.6 is 22.9 Å². The number of hydrogen-bond acceptors (Lipinski definition) is 6. The minimum Gasteiger partial charge on any atom is -0.463 e. The quantitative estimate of drug-likeness (QED) is 0.759. The van der Waals surface area contributed by atoms with Crippen LogP contribution in [-0.2, 0) is 9.53 Å². The first-order chi connectivity index (χ1) is 12.8. The summed E-state index contributed by atoms with van der Waals surface area (Å²) >= 11 is 7.78. The molecule has 27 heavy (non-hydrogen) atoms. The van der Waals surface area contributed by atoms with Crippen molar-refractivity contribution in [2.75, 3.05) is 6.61 Å². The van der Waals surface area contributed by atoms with E-state index in [4.69, 9.17) is 21.3 Å². The van der Waals surface area contributed by atoms with Crippen molar-refractivity contribution in [1.82, 2.24) is 10.3 Å². The molecule has 1 aromatic heterocycles. The molecule has 0 bridgehead atoms. The zero-order valence-electron chi connectivity index (χ0n) is 15.4. The third kappa shape index (κ3) is 3.89. The van der Waals surface area contributed by atoms with Crippen molar-refractivity contribution in [2.45, 2.75) is 33.7 Å². The summed E-state index contributed by atoms with van der Waals surface area (Å²) in [6.45, 7) is 7.59. The number of hydrogen-bond donors (Lipinski definition) is 1. The molecule has 1 unspecified atom stereocenters. The number of amidine groups is 1.